The van der Waals surface area contributed by atoms with Crippen molar-refractivity contribution in [2.24, 2.45) is 7.05 Å². The van der Waals surface area contributed by atoms with Gasteiger partial charge in [-0.2, -0.15) is 5.26 Å². The van der Waals surface area contributed by atoms with Crippen LogP contribution in [-0.4, -0.2) is 23.6 Å². The SMILES string of the molecule is Cc1c(/C=C/C(=O)c2ccc3c(c2)OCCO3)cc(C#N)n1C. The summed E-state index contributed by atoms with van der Waals surface area (Å²) in [6.45, 7) is 2.92. The maximum absolute atomic E-state index is 12.3. The topological polar surface area (TPSA) is 64.2 Å². The highest BCUT2D eigenvalue weighted by molar-refractivity contribution is 6.07. The molecule has 1 aliphatic rings. The van der Waals surface area contributed by atoms with Gasteiger partial charge in [0.25, 0.3) is 0 Å². The maximum Gasteiger partial charge on any atom is 0.185 e. The molecule has 5 nitrogen and oxygen atoms in total. The van der Waals surface area contributed by atoms with Crippen LogP contribution in [-0.2, 0) is 7.05 Å². The molecule has 5 heteroatoms. The normalized spacial score (nSPS) is 13.1. The molecule has 0 atom stereocenters. The quantitative estimate of drug-likeness (QED) is 0.646. The van der Waals surface area contributed by atoms with Crippen molar-refractivity contribution in [3.63, 3.8) is 0 Å². The molecule has 0 saturated heterocycles. The molecule has 0 spiro atoms. The number of hydrogen-bond acceptors (Lipinski definition) is 4. The second-order valence-electron chi connectivity index (χ2n) is 5.30. The first-order valence-corrected chi connectivity index (χ1v) is 7.28. The summed E-state index contributed by atoms with van der Waals surface area (Å²) in [7, 11) is 1.83. The Hall–Kier alpha value is -3.00. The maximum atomic E-state index is 12.3. The summed E-state index contributed by atoms with van der Waals surface area (Å²) in [6, 6.07) is 9.05. The molecule has 0 fully saturated rings. The van der Waals surface area contributed by atoms with Gasteiger partial charge in [-0.15, -0.1) is 0 Å². The zero-order valence-electron chi connectivity index (χ0n) is 13.0. The van der Waals surface area contributed by atoms with Crippen LogP contribution in [0.15, 0.2) is 30.3 Å². The highest BCUT2D eigenvalue weighted by Gasteiger charge is 2.14. The minimum atomic E-state index is -0.122. The molecule has 1 aliphatic heterocycles. The second-order valence-corrected chi connectivity index (χ2v) is 5.30. The van der Waals surface area contributed by atoms with Crippen LogP contribution in [0.25, 0.3) is 6.08 Å². The lowest BCUT2D eigenvalue weighted by atomic mass is 10.1. The molecular formula is C18H16N2O3. The first kappa shape index (κ1) is 14.9. The standard InChI is InChI=1S/C18H16N2O3/c1-12-13(9-15(11-19)20(12)2)3-5-16(21)14-4-6-17-18(10-14)23-8-7-22-17/h3-6,9-10H,7-8H2,1-2H3/b5-3+. The van der Waals surface area contributed by atoms with Gasteiger partial charge in [0.1, 0.15) is 25.0 Å². The monoisotopic (exact) mass is 308 g/mol. The smallest absolute Gasteiger partial charge is 0.185 e. The molecule has 0 saturated carbocycles. The van der Waals surface area contributed by atoms with E-state index in [-0.39, 0.29) is 5.78 Å². The van der Waals surface area contributed by atoms with Crippen LogP contribution in [0.2, 0.25) is 0 Å². The molecule has 0 unspecified atom stereocenters. The fourth-order valence-electron chi connectivity index (χ4n) is 2.46. The van der Waals surface area contributed by atoms with Gasteiger partial charge in [-0.1, -0.05) is 0 Å². The molecule has 0 N–H and O–H groups in total. The molecule has 23 heavy (non-hydrogen) atoms. The first-order chi connectivity index (χ1) is 11.1. The predicted molar refractivity (Wildman–Crippen MR) is 85.7 cm³/mol. The fraction of sp³-hybridized carbons (Fsp3) is 0.222. The number of allylic oxidation sites excluding steroid dienone is 1. The molecule has 2 aromatic rings. The van der Waals surface area contributed by atoms with Crippen LogP contribution in [0.4, 0.5) is 0 Å². The van der Waals surface area contributed by atoms with Gasteiger partial charge in [-0.05, 0) is 48.9 Å². The Morgan fingerprint density at radius 2 is 2.00 bits per heavy atom. The number of nitrogens with zero attached hydrogens (tertiary/aromatic N) is 2. The van der Waals surface area contributed by atoms with Crippen LogP contribution in [0, 0.1) is 18.3 Å². The van der Waals surface area contributed by atoms with Gasteiger partial charge >= 0.3 is 0 Å². The van der Waals surface area contributed by atoms with E-state index in [4.69, 9.17) is 14.7 Å². The van der Waals surface area contributed by atoms with E-state index in [9.17, 15) is 4.79 Å². The number of benzene rings is 1. The van der Waals surface area contributed by atoms with Crippen LogP contribution >= 0.6 is 0 Å². The number of fused-ring (bicyclic) bond motifs is 1. The zero-order valence-corrected chi connectivity index (χ0v) is 13.0. The molecular weight excluding hydrogens is 292 g/mol. The van der Waals surface area contributed by atoms with Gasteiger partial charge in [-0.25, -0.2) is 0 Å². The van der Waals surface area contributed by atoms with E-state index >= 15 is 0 Å². The van der Waals surface area contributed by atoms with Crippen molar-refractivity contribution < 1.29 is 14.3 Å². The number of rotatable bonds is 3. The average molecular weight is 308 g/mol. The molecule has 1 aromatic carbocycles. The van der Waals surface area contributed by atoms with Crippen LogP contribution in [0.3, 0.4) is 0 Å². The number of carbonyl (C=O) groups excluding carboxylic acids is 1. The largest absolute Gasteiger partial charge is 0.486 e. The zero-order chi connectivity index (χ0) is 16.4. The summed E-state index contributed by atoms with van der Waals surface area (Å²) in [4.78, 5) is 12.3. The highest BCUT2D eigenvalue weighted by Crippen LogP contribution is 2.31. The molecule has 0 amide bonds. The van der Waals surface area contributed by atoms with Crippen molar-refractivity contribution in [3.05, 3.63) is 52.9 Å². The Labute approximate surface area is 134 Å². The Bertz CT molecular complexity index is 841. The Morgan fingerprint density at radius 3 is 2.70 bits per heavy atom. The number of carbonyl (C=O) groups is 1. The van der Waals surface area contributed by atoms with Gasteiger partial charge in [0.2, 0.25) is 0 Å². The summed E-state index contributed by atoms with van der Waals surface area (Å²) in [5.74, 6) is 1.14. The van der Waals surface area contributed by atoms with Crippen LogP contribution in [0.1, 0.15) is 27.3 Å². The summed E-state index contributed by atoms with van der Waals surface area (Å²) in [5, 5.41) is 9.04. The third kappa shape index (κ3) is 2.84. The van der Waals surface area contributed by atoms with Crippen molar-refractivity contribution in [3.8, 4) is 17.6 Å². The van der Waals surface area contributed by atoms with E-state index in [0.29, 0.717) is 36.0 Å². The van der Waals surface area contributed by atoms with E-state index in [1.54, 1.807) is 34.9 Å². The van der Waals surface area contributed by atoms with E-state index in [2.05, 4.69) is 6.07 Å². The Kier molecular flexibility index (Phi) is 3.90. The second kappa shape index (κ2) is 6.01. The third-order valence-corrected chi connectivity index (χ3v) is 3.93. The van der Waals surface area contributed by atoms with Gasteiger partial charge in [-0.3, -0.25) is 4.79 Å². The van der Waals surface area contributed by atoms with Gasteiger partial charge in [0.15, 0.2) is 17.3 Å². The van der Waals surface area contributed by atoms with Crippen LogP contribution < -0.4 is 9.47 Å². The van der Waals surface area contributed by atoms with Crippen molar-refractivity contribution in [2.75, 3.05) is 13.2 Å². The summed E-state index contributed by atoms with van der Waals surface area (Å²) in [5.41, 5.74) is 2.90. The Balaban J connectivity index is 1.83. The number of nitriles is 1. The lowest BCUT2D eigenvalue weighted by molar-refractivity contribution is 0.104. The van der Waals surface area contributed by atoms with E-state index < -0.39 is 0 Å². The first-order valence-electron chi connectivity index (χ1n) is 7.28. The lowest BCUT2D eigenvalue weighted by Crippen LogP contribution is -2.15. The molecule has 2 heterocycles. The van der Waals surface area contributed by atoms with Gasteiger partial charge in [0, 0.05) is 18.3 Å². The van der Waals surface area contributed by atoms with Gasteiger partial charge in [0.05, 0.1) is 0 Å². The number of hydrogen-bond donors (Lipinski definition) is 0. The highest BCUT2D eigenvalue weighted by atomic mass is 16.6. The summed E-state index contributed by atoms with van der Waals surface area (Å²) < 4.78 is 12.7. The fourth-order valence-corrected chi connectivity index (χ4v) is 2.46. The van der Waals surface area contributed by atoms with E-state index in [1.165, 1.54) is 6.08 Å². The van der Waals surface area contributed by atoms with Gasteiger partial charge < -0.3 is 14.0 Å². The average Bonchev–Trinajstić information content (AvgIpc) is 2.87. The lowest BCUT2D eigenvalue weighted by Gasteiger charge is -2.18. The van der Waals surface area contributed by atoms with E-state index in [1.807, 2.05) is 14.0 Å². The number of ketones is 1. The van der Waals surface area contributed by atoms with Crippen LogP contribution in [0.5, 0.6) is 11.5 Å². The molecule has 0 aliphatic carbocycles. The molecule has 3 rings (SSSR count). The summed E-state index contributed by atoms with van der Waals surface area (Å²) in [6.07, 6.45) is 3.24. The van der Waals surface area contributed by atoms with Crippen molar-refractivity contribution in [1.29, 1.82) is 5.26 Å². The van der Waals surface area contributed by atoms with Crippen molar-refractivity contribution >= 4 is 11.9 Å². The third-order valence-electron chi connectivity index (χ3n) is 3.93. The molecule has 1 aromatic heterocycles. The number of ether oxygens (including phenoxy) is 2. The Morgan fingerprint density at radius 1 is 1.26 bits per heavy atom. The molecule has 0 bridgehead atoms. The minimum Gasteiger partial charge on any atom is -0.486 e. The van der Waals surface area contributed by atoms with E-state index in [0.717, 1.165) is 11.3 Å². The minimum absolute atomic E-state index is 0.122. The predicted octanol–water partition coefficient (Wildman–Crippen LogP) is 2.87. The van der Waals surface area contributed by atoms with Crippen molar-refractivity contribution in [1.82, 2.24) is 4.57 Å². The summed E-state index contributed by atoms with van der Waals surface area (Å²) >= 11 is 0. The van der Waals surface area contributed by atoms with Crippen molar-refractivity contribution in [2.45, 2.75) is 6.92 Å². The molecule has 0 radical (unpaired) electrons. The number of aromatic nitrogens is 1. The molecule has 116 valence electrons.